The highest BCUT2D eigenvalue weighted by Gasteiger charge is 2.03. The van der Waals surface area contributed by atoms with E-state index in [0.29, 0.717) is 0 Å². The maximum Gasteiger partial charge on any atom is 0.129 e. The Hall–Kier alpha value is -0.680. The Morgan fingerprint density at radius 1 is 1.36 bits per heavy atom. The van der Waals surface area contributed by atoms with Crippen molar-refractivity contribution >= 4 is 31.9 Å². The first-order valence-corrected chi connectivity index (χ1v) is 5.62. The Balaban J connectivity index is 2.23. The van der Waals surface area contributed by atoms with E-state index in [1.165, 1.54) is 0 Å². The zero-order valence-electron chi connectivity index (χ0n) is 7.19. The number of hydrogen-bond donors (Lipinski definition) is 0. The van der Waals surface area contributed by atoms with E-state index >= 15 is 0 Å². The second-order valence-electron chi connectivity index (χ2n) is 2.81. The van der Waals surface area contributed by atoms with Crippen LogP contribution in [0.2, 0.25) is 0 Å². The van der Waals surface area contributed by atoms with Gasteiger partial charge in [0.05, 0.1) is 6.54 Å². The molecule has 2 rings (SSSR count). The molecule has 2 aromatic rings. The molecule has 3 nitrogen and oxygen atoms in total. The van der Waals surface area contributed by atoms with Crippen LogP contribution in [-0.2, 0) is 6.54 Å². The third kappa shape index (κ3) is 2.22. The summed E-state index contributed by atoms with van der Waals surface area (Å²) in [6.07, 6.45) is 3.60. The quantitative estimate of drug-likeness (QED) is 0.853. The minimum Gasteiger partial charge on any atom is -0.264 e. The predicted molar refractivity (Wildman–Crippen MR) is 61.0 cm³/mol. The molecule has 0 spiro atoms. The van der Waals surface area contributed by atoms with Gasteiger partial charge in [-0.25, -0.2) is 0 Å². The Morgan fingerprint density at radius 2 is 2.21 bits per heavy atom. The minimum absolute atomic E-state index is 0.722. The van der Waals surface area contributed by atoms with Gasteiger partial charge in [0.1, 0.15) is 9.21 Å². The van der Waals surface area contributed by atoms with Crippen LogP contribution in [0.15, 0.2) is 39.8 Å². The van der Waals surface area contributed by atoms with Gasteiger partial charge in [0.2, 0.25) is 0 Å². The number of rotatable bonds is 2. The van der Waals surface area contributed by atoms with E-state index in [2.05, 4.69) is 41.9 Å². The van der Waals surface area contributed by atoms with Crippen molar-refractivity contribution in [3.8, 4) is 0 Å². The molecule has 0 aliphatic heterocycles. The van der Waals surface area contributed by atoms with E-state index in [0.717, 1.165) is 21.3 Å². The first-order chi connectivity index (χ1) is 6.75. The molecule has 0 saturated heterocycles. The maximum atomic E-state index is 4.26. The Morgan fingerprint density at radius 3 is 2.79 bits per heavy atom. The van der Waals surface area contributed by atoms with Gasteiger partial charge in [-0.15, -0.1) is 0 Å². The largest absolute Gasteiger partial charge is 0.264 e. The SMILES string of the molecule is Brc1cc(Br)n(Cc2cccnc2)n1. The van der Waals surface area contributed by atoms with E-state index in [1.54, 1.807) is 6.20 Å². The molecular formula is C9H7Br2N3. The molecule has 0 aliphatic carbocycles. The highest BCUT2D eigenvalue weighted by atomic mass is 79.9. The summed E-state index contributed by atoms with van der Waals surface area (Å²) >= 11 is 6.74. The lowest BCUT2D eigenvalue weighted by atomic mass is 10.3. The fraction of sp³-hybridized carbons (Fsp3) is 0.111. The molecule has 0 amide bonds. The summed E-state index contributed by atoms with van der Waals surface area (Å²) in [6, 6.07) is 5.85. The summed E-state index contributed by atoms with van der Waals surface area (Å²) < 4.78 is 3.64. The smallest absolute Gasteiger partial charge is 0.129 e. The molecule has 72 valence electrons. The predicted octanol–water partition coefficient (Wildman–Crippen LogP) is 2.85. The average molecular weight is 317 g/mol. The first-order valence-electron chi connectivity index (χ1n) is 4.03. The van der Waals surface area contributed by atoms with Gasteiger partial charge in [-0.2, -0.15) is 5.10 Å². The molecule has 0 atom stereocenters. The van der Waals surface area contributed by atoms with Gasteiger partial charge in [0.15, 0.2) is 0 Å². The molecule has 0 aromatic carbocycles. The van der Waals surface area contributed by atoms with Crippen molar-refractivity contribution in [3.63, 3.8) is 0 Å². The number of halogens is 2. The van der Waals surface area contributed by atoms with Gasteiger partial charge in [-0.05, 0) is 43.5 Å². The standard InChI is InChI=1S/C9H7Br2N3/c10-8-4-9(11)14(13-8)6-7-2-1-3-12-5-7/h1-5H,6H2. The van der Waals surface area contributed by atoms with Crippen molar-refractivity contribution in [2.75, 3.05) is 0 Å². The zero-order chi connectivity index (χ0) is 9.97. The van der Waals surface area contributed by atoms with Crippen LogP contribution >= 0.6 is 31.9 Å². The summed E-state index contributed by atoms with van der Waals surface area (Å²) in [6.45, 7) is 0.722. The molecule has 0 radical (unpaired) electrons. The van der Waals surface area contributed by atoms with E-state index in [4.69, 9.17) is 0 Å². The van der Waals surface area contributed by atoms with E-state index < -0.39 is 0 Å². The average Bonchev–Trinajstić information content (AvgIpc) is 2.47. The molecule has 2 heterocycles. The van der Waals surface area contributed by atoms with Crippen LogP contribution in [-0.4, -0.2) is 14.8 Å². The molecular weight excluding hydrogens is 310 g/mol. The summed E-state index contributed by atoms with van der Waals surface area (Å²) in [5, 5.41) is 4.26. The van der Waals surface area contributed by atoms with Crippen LogP contribution in [0, 0.1) is 0 Å². The Kier molecular flexibility index (Phi) is 2.98. The molecule has 0 bridgehead atoms. The molecule has 0 aliphatic rings. The summed E-state index contributed by atoms with van der Waals surface area (Å²) in [4.78, 5) is 4.05. The lowest BCUT2D eigenvalue weighted by Crippen LogP contribution is -2.01. The van der Waals surface area contributed by atoms with Crippen LogP contribution in [0.3, 0.4) is 0 Å². The lowest BCUT2D eigenvalue weighted by molar-refractivity contribution is 0.665. The van der Waals surface area contributed by atoms with E-state index in [-0.39, 0.29) is 0 Å². The van der Waals surface area contributed by atoms with Crippen LogP contribution < -0.4 is 0 Å². The van der Waals surface area contributed by atoms with Crippen LogP contribution in [0.5, 0.6) is 0 Å². The van der Waals surface area contributed by atoms with Gasteiger partial charge in [0, 0.05) is 18.5 Å². The van der Waals surface area contributed by atoms with E-state index in [9.17, 15) is 0 Å². The van der Waals surface area contributed by atoms with Gasteiger partial charge < -0.3 is 0 Å². The number of aromatic nitrogens is 3. The van der Waals surface area contributed by atoms with Crippen molar-refractivity contribution in [3.05, 3.63) is 45.4 Å². The summed E-state index contributed by atoms with van der Waals surface area (Å²) in [5.74, 6) is 0. The van der Waals surface area contributed by atoms with Crippen molar-refractivity contribution in [2.24, 2.45) is 0 Å². The fourth-order valence-electron chi connectivity index (χ4n) is 1.14. The third-order valence-corrected chi connectivity index (χ3v) is 2.78. The monoisotopic (exact) mass is 315 g/mol. The van der Waals surface area contributed by atoms with Gasteiger partial charge >= 0.3 is 0 Å². The normalized spacial score (nSPS) is 10.4. The van der Waals surface area contributed by atoms with Crippen LogP contribution in [0.25, 0.3) is 0 Å². The van der Waals surface area contributed by atoms with Gasteiger partial charge in [-0.1, -0.05) is 6.07 Å². The third-order valence-electron chi connectivity index (χ3n) is 1.76. The lowest BCUT2D eigenvalue weighted by Gasteiger charge is -2.01. The zero-order valence-corrected chi connectivity index (χ0v) is 10.4. The molecule has 0 unspecified atom stereocenters. The number of pyridine rings is 1. The Labute approximate surface area is 98.4 Å². The molecule has 5 heteroatoms. The minimum atomic E-state index is 0.722. The number of hydrogen-bond acceptors (Lipinski definition) is 2. The first kappa shape index (κ1) is 9.86. The second-order valence-corrected chi connectivity index (χ2v) is 4.43. The van der Waals surface area contributed by atoms with Crippen molar-refractivity contribution in [2.45, 2.75) is 6.54 Å². The van der Waals surface area contributed by atoms with Crippen molar-refractivity contribution in [1.82, 2.24) is 14.8 Å². The molecule has 0 saturated carbocycles. The molecule has 2 aromatic heterocycles. The van der Waals surface area contributed by atoms with E-state index in [1.807, 2.05) is 29.1 Å². The highest BCUT2D eigenvalue weighted by molar-refractivity contribution is 9.11. The van der Waals surface area contributed by atoms with Crippen LogP contribution in [0.1, 0.15) is 5.56 Å². The molecule has 14 heavy (non-hydrogen) atoms. The summed E-state index contributed by atoms with van der Waals surface area (Å²) in [7, 11) is 0. The molecule has 0 N–H and O–H groups in total. The van der Waals surface area contributed by atoms with Gasteiger partial charge in [0.25, 0.3) is 0 Å². The van der Waals surface area contributed by atoms with Crippen molar-refractivity contribution in [1.29, 1.82) is 0 Å². The molecule has 0 fully saturated rings. The number of nitrogens with zero attached hydrogens (tertiary/aromatic N) is 3. The Bertz CT molecular complexity index is 425. The maximum absolute atomic E-state index is 4.26. The fourth-order valence-corrected chi connectivity index (χ4v) is 2.28. The highest BCUT2D eigenvalue weighted by Crippen LogP contribution is 2.17. The summed E-state index contributed by atoms with van der Waals surface area (Å²) in [5.41, 5.74) is 1.13. The van der Waals surface area contributed by atoms with Crippen molar-refractivity contribution < 1.29 is 0 Å². The topological polar surface area (TPSA) is 30.7 Å². The van der Waals surface area contributed by atoms with Gasteiger partial charge in [-0.3, -0.25) is 9.67 Å². The van der Waals surface area contributed by atoms with Crippen LogP contribution in [0.4, 0.5) is 0 Å². The second kappa shape index (κ2) is 4.23.